The molecule has 1 amide bonds. The van der Waals surface area contributed by atoms with Crippen LogP contribution in [0.15, 0.2) is 23.3 Å². The molecule has 22 heavy (non-hydrogen) atoms. The van der Waals surface area contributed by atoms with Crippen LogP contribution in [0.3, 0.4) is 0 Å². The molecule has 1 unspecified atom stereocenters. The van der Waals surface area contributed by atoms with Crippen LogP contribution in [0.4, 0.5) is 5.69 Å². The SMILES string of the molecule is COc1ccc(N)c(C(=O)C2=NN(C(C)=O)C(C(=O)O)C2)c1. The summed E-state index contributed by atoms with van der Waals surface area (Å²) < 4.78 is 5.04. The topological polar surface area (TPSA) is 122 Å². The van der Waals surface area contributed by atoms with Crippen molar-refractivity contribution in [3.63, 3.8) is 0 Å². The van der Waals surface area contributed by atoms with E-state index < -0.39 is 23.7 Å². The molecular weight excluding hydrogens is 290 g/mol. The smallest absolute Gasteiger partial charge is 0.329 e. The van der Waals surface area contributed by atoms with Gasteiger partial charge in [0.15, 0.2) is 6.04 Å². The number of benzene rings is 1. The van der Waals surface area contributed by atoms with E-state index in [9.17, 15) is 14.4 Å². The lowest BCUT2D eigenvalue weighted by Gasteiger charge is -2.14. The number of carbonyl (C=O) groups excluding carboxylic acids is 2. The monoisotopic (exact) mass is 305 g/mol. The summed E-state index contributed by atoms with van der Waals surface area (Å²) in [6, 6.07) is 3.39. The van der Waals surface area contributed by atoms with Crippen molar-refractivity contribution in [3.05, 3.63) is 23.8 Å². The molecule has 0 bridgehead atoms. The maximum Gasteiger partial charge on any atom is 0.329 e. The Bertz CT molecular complexity index is 683. The van der Waals surface area contributed by atoms with Crippen molar-refractivity contribution in [2.45, 2.75) is 19.4 Å². The zero-order valence-corrected chi connectivity index (χ0v) is 12.1. The molecule has 1 aliphatic rings. The summed E-state index contributed by atoms with van der Waals surface area (Å²) in [5, 5.41) is 13.8. The van der Waals surface area contributed by atoms with Gasteiger partial charge in [-0.2, -0.15) is 5.10 Å². The minimum absolute atomic E-state index is 0.0254. The number of carbonyl (C=O) groups is 3. The standard InChI is InChI=1S/C14H15N3O5/c1-7(18)17-12(14(20)21)6-11(16-17)13(19)9-5-8(22-2)3-4-10(9)15/h3-5,12H,6,15H2,1-2H3,(H,20,21). The Labute approximate surface area is 126 Å². The van der Waals surface area contributed by atoms with Gasteiger partial charge in [-0.05, 0) is 18.2 Å². The van der Waals surface area contributed by atoms with Gasteiger partial charge in [-0.25, -0.2) is 9.80 Å². The molecule has 1 aliphatic heterocycles. The molecule has 0 fully saturated rings. The van der Waals surface area contributed by atoms with Crippen LogP contribution in [0.5, 0.6) is 5.75 Å². The third kappa shape index (κ3) is 2.76. The first-order valence-electron chi connectivity index (χ1n) is 6.43. The number of rotatable bonds is 4. The normalized spacial score (nSPS) is 17.1. The van der Waals surface area contributed by atoms with Crippen LogP contribution in [0, 0.1) is 0 Å². The van der Waals surface area contributed by atoms with Gasteiger partial charge in [0.2, 0.25) is 11.7 Å². The summed E-state index contributed by atoms with van der Waals surface area (Å²) in [5.41, 5.74) is 6.13. The predicted molar refractivity (Wildman–Crippen MR) is 77.7 cm³/mol. The predicted octanol–water partition coefficient (Wildman–Crippen LogP) is 0.521. The first-order chi connectivity index (χ1) is 10.3. The fourth-order valence-electron chi connectivity index (χ4n) is 2.14. The average Bonchev–Trinajstić information content (AvgIpc) is 2.92. The number of carboxylic acid groups (broad SMARTS) is 1. The number of nitrogen functional groups attached to an aromatic ring is 1. The number of methoxy groups -OCH3 is 1. The lowest BCUT2D eigenvalue weighted by Crippen LogP contribution is -2.37. The number of ether oxygens (including phenoxy) is 1. The summed E-state index contributed by atoms with van der Waals surface area (Å²) in [5.74, 6) is -1.85. The number of nitrogens with zero attached hydrogens (tertiary/aromatic N) is 2. The van der Waals surface area contributed by atoms with Crippen LogP contribution in [-0.4, -0.2) is 46.6 Å². The van der Waals surface area contributed by atoms with Crippen molar-refractivity contribution in [1.82, 2.24) is 5.01 Å². The number of hydrazone groups is 1. The zero-order chi connectivity index (χ0) is 16.4. The summed E-state index contributed by atoms with van der Waals surface area (Å²) in [6.07, 6.45) is -0.162. The number of hydrogen-bond donors (Lipinski definition) is 2. The van der Waals surface area contributed by atoms with Gasteiger partial charge in [0.25, 0.3) is 0 Å². The molecule has 0 spiro atoms. The Morgan fingerprint density at radius 2 is 2.09 bits per heavy atom. The Morgan fingerprint density at radius 3 is 2.59 bits per heavy atom. The molecule has 8 nitrogen and oxygen atoms in total. The van der Waals surface area contributed by atoms with E-state index in [1.165, 1.54) is 26.2 Å². The second-order valence-electron chi connectivity index (χ2n) is 4.75. The van der Waals surface area contributed by atoms with Gasteiger partial charge in [-0.3, -0.25) is 9.59 Å². The lowest BCUT2D eigenvalue weighted by atomic mass is 10.0. The highest BCUT2D eigenvalue weighted by atomic mass is 16.5. The molecule has 1 heterocycles. The van der Waals surface area contributed by atoms with Gasteiger partial charge in [0, 0.05) is 19.0 Å². The second-order valence-corrected chi connectivity index (χ2v) is 4.75. The maximum atomic E-state index is 12.5. The first-order valence-corrected chi connectivity index (χ1v) is 6.43. The van der Waals surface area contributed by atoms with E-state index in [0.29, 0.717) is 5.75 Å². The summed E-state index contributed by atoms with van der Waals surface area (Å²) in [7, 11) is 1.45. The second kappa shape index (κ2) is 5.84. The number of amides is 1. The number of ketones is 1. The highest BCUT2D eigenvalue weighted by molar-refractivity contribution is 6.47. The van der Waals surface area contributed by atoms with Gasteiger partial charge in [0.05, 0.1) is 12.7 Å². The molecule has 1 aromatic carbocycles. The summed E-state index contributed by atoms with van der Waals surface area (Å²) in [4.78, 5) is 35.1. The van der Waals surface area contributed by atoms with Crippen molar-refractivity contribution in [2.75, 3.05) is 12.8 Å². The van der Waals surface area contributed by atoms with Gasteiger partial charge in [0.1, 0.15) is 11.5 Å². The van der Waals surface area contributed by atoms with Gasteiger partial charge >= 0.3 is 5.97 Å². The van der Waals surface area contributed by atoms with E-state index in [4.69, 9.17) is 15.6 Å². The fourth-order valence-corrected chi connectivity index (χ4v) is 2.14. The molecule has 3 N–H and O–H groups in total. The van der Waals surface area contributed by atoms with E-state index in [0.717, 1.165) is 5.01 Å². The van der Waals surface area contributed by atoms with Crippen LogP contribution in [-0.2, 0) is 9.59 Å². The van der Waals surface area contributed by atoms with Gasteiger partial charge < -0.3 is 15.6 Å². The number of aliphatic carboxylic acids is 1. The molecule has 1 atom stereocenters. The van der Waals surface area contributed by atoms with Crippen molar-refractivity contribution in [2.24, 2.45) is 5.10 Å². The van der Waals surface area contributed by atoms with Crippen LogP contribution < -0.4 is 10.5 Å². The minimum Gasteiger partial charge on any atom is -0.497 e. The van der Waals surface area contributed by atoms with Crippen molar-refractivity contribution >= 4 is 29.1 Å². The molecule has 0 saturated carbocycles. The van der Waals surface area contributed by atoms with Crippen LogP contribution in [0.25, 0.3) is 0 Å². The number of nitrogens with two attached hydrogens (primary N) is 1. The molecule has 0 aliphatic carbocycles. The first kappa shape index (κ1) is 15.5. The quantitative estimate of drug-likeness (QED) is 0.617. The lowest BCUT2D eigenvalue weighted by molar-refractivity contribution is -0.148. The third-order valence-corrected chi connectivity index (χ3v) is 3.29. The number of anilines is 1. The number of hydrogen-bond acceptors (Lipinski definition) is 6. The molecule has 116 valence electrons. The largest absolute Gasteiger partial charge is 0.497 e. The highest BCUT2D eigenvalue weighted by Crippen LogP contribution is 2.24. The maximum absolute atomic E-state index is 12.5. The fraction of sp³-hybridized carbons (Fsp3) is 0.286. The zero-order valence-electron chi connectivity index (χ0n) is 12.1. The Hall–Kier alpha value is -2.90. The Balaban J connectivity index is 2.36. The van der Waals surface area contributed by atoms with Crippen molar-refractivity contribution in [3.8, 4) is 5.75 Å². The minimum atomic E-state index is -1.22. The van der Waals surface area contributed by atoms with E-state index in [1.807, 2.05) is 0 Å². The third-order valence-electron chi connectivity index (χ3n) is 3.29. The summed E-state index contributed by atoms with van der Waals surface area (Å²) in [6.45, 7) is 1.19. The van der Waals surface area contributed by atoms with Crippen LogP contribution in [0.1, 0.15) is 23.7 Å². The average molecular weight is 305 g/mol. The molecule has 0 saturated heterocycles. The number of Topliss-reactive ketones (excluding diaryl/α,β-unsaturated/α-hetero) is 1. The van der Waals surface area contributed by atoms with E-state index in [-0.39, 0.29) is 23.4 Å². The Kier molecular flexibility index (Phi) is 4.11. The molecular formula is C14H15N3O5. The van der Waals surface area contributed by atoms with Gasteiger partial charge in [-0.1, -0.05) is 0 Å². The summed E-state index contributed by atoms with van der Waals surface area (Å²) >= 11 is 0. The van der Waals surface area contributed by atoms with E-state index in [1.54, 1.807) is 6.07 Å². The van der Waals surface area contributed by atoms with E-state index in [2.05, 4.69) is 5.10 Å². The van der Waals surface area contributed by atoms with E-state index >= 15 is 0 Å². The molecule has 2 rings (SSSR count). The van der Waals surface area contributed by atoms with Crippen LogP contribution >= 0.6 is 0 Å². The molecule has 0 radical (unpaired) electrons. The molecule has 0 aromatic heterocycles. The number of carboxylic acids is 1. The molecule has 8 heteroatoms. The molecule has 1 aromatic rings. The van der Waals surface area contributed by atoms with Crippen LogP contribution in [0.2, 0.25) is 0 Å². The van der Waals surface area contributed by atoms with Crippen molar-refractivity contribution in [1.29, 1.82) is 0 Å². The Morgan fingerprint density at radius 1 is 1.41 bits per heavy atom. The van der Waals surface area contributed by atoms with Crippen molar-refractivity contribution < 1.29 is 24.2 Å². The van der Waals surface area contributed by atoms with Gasteiger partial charge in [-0.15, -0.1) is 0 Å². The highest BCUT2D eigenvalue weighted by Gasteiger charge is 2.38.